The van der Waals surface area contributed by atoms with E-state index in [2.05, 4.69) is 20.3 Å². The van der Waals surface area contributed by atoms with Gasteiger partial charge in [-0.15, -0.1) is 0 Å². The highest BCUT2D eigenvalue weighted by Gasteiger charge is 2.23. The zero-order valence-electron chi connectivity index (χ0n) is 15.9. The van der Waals surface area contributed by atoms with Crippen molar-refractivity contribution in [2.24, 2.45) is 0 Å². The first kappa shape index (κ1) is 18.1. The molecule has 28 heavy (non-hydrogen) atoms. The third-order valence-electron chi connectivity index (χ3n) is 4.61. The van der Waals surface area contributed by atoms with Crippen LogP contribution < -0.4 is 25.3 Å². The van der Waals surface area contributed by atoms with Crippen LogP contribution in [-0.2, 0) is 4.74 Å². The Bertz CT molecular complexity index is 974. The highest BCUT2D eigenvalue weighted by atomic mass is 16.5. The van der Waals surface area contributed by atoms with E-state index in [9.17, 15) is 0 Å². The lowest BCUT2D eigenvalue weighted by molar-refractivity contribution is 0.0593. The number of imidazole rings is 1. The third-order valence-corrected chi connectivity index (χ3v) is 4.61. The molecule has 1 fully saturated rings. The number of fused-ring (bicyclic) bond motifs is 1. The summed E-state index contributed by atoms with van der Waals surface area (Å²) in [5.74, 6) is 2.23. The SMILES string of the molecule is COc1cc(OC)c(Nc2nc(N)nc3c2ncn3C2CCCO2)c(OC)c1. The van der Waals surface area contributed by atoms with Gasteiger partial charge in [-0.2, -0.15) is 9.97 Å². The zero-order valence-corrected chi connectivity index (χ0v) is 15.9. The minimum absolute atomic E-state index is 0.0998. The van der Waals surface area contributed by atoms with Crippen LogP contribution in [0.15, 0.2) is 18.5 Å². The Kier molecular flexibility index (Phi) is 4.78. The number of hydrogen-bond donors (Lipinski definition) is 2. The van der Waals surface area contributed by atoms with Crippen LogP contribution in [0.1, 0.15) is 19.1 Å². The van der Waals surface area contributed by atoms with Crippen molar-refractivity contribution in [1.82, 2.24) is 19.5 Å². The van der Waals surface area contributed by atoms with Crippen molar-refractivity contribution in [1.29, 1.82) is 0 Å². The highest BCUT2D eigenvalue weighted by molar-refractivity contribution is 5.88. The molecule has 1 unspecified atom stereocenters. The van der Waals surface area contributed by atoms with E-state index in [1.807, 2.05) is 4.57 Å². The molecule has 148 valence electrons. The first-order valence-corrected chi connectivity index (χ1v) is 8.83. The van der Waals surface area contributed by atoms with Crippen molar-refractivity contribution in [3.63, 3.8) is 0 Å². The molecule has 2 aromatic heterocycles. The molecule has 0 saturated carbocycles. The summed E-state index contributed by atoms with van der Waals surface area (Å²) >= 11 is 0. The zero-order chi connectivity index (χ0) is 19.7. The second-order valence-corrected chi connectivity index (χ2v) is 6.25. The number of aromatic nitrogens is 4. The van der Waals surface area contributed by atoms with Crippen LogP contribution in [0, 0.1) is 0 Å². The van der Waals surface area contributed by atoms with Crippen LogP contribution in [0.2, 0.25) is 0 Å². The predicted octanol–water partition coefficient (Wildman–Crippen LogP) is 2.49. The van der Waals surface area contributed by atoms with E-state index in [0.29, 0.717) is 39.9 Å². The molecule has 10 heteroatoms. The minimum atomic E-state index is -0.0998. The third kappa shape index (κ3) is 3.11. The summed E-state index contributed by atoms with van der Waals surface area (Å²) in [5.41, 5.74) is 7.72. The molecule has 0 radical (unpaired) electrons. The molecule has 1 aliphatic rings. The van der Waals surface area contributed by atoms with Crippen molar-refractivity contribution in [3.8, 4) is 17.2 Å². The van der Waals surface area contributed by atoms with Gasteiger partial charge in [-0.05, 0) is 12.8 Å². The molecule has 1 aliphatic heterocycles. The number of nitrogens with one attached hydrogen (secondary N) is 1. The van der Waals surface area contributed by atoms with Crippen molar-refractivity contribution >= 4 is 28.6 Å². The molecule has 3 heterocycles. The molecule has 3 N–H and O–H groups in total. The highest BCUT2D eigenvalue weighted by Crippen LogP contribution is 2.41. The van der Waals surface area contributed by atoms with Gasteiger partial charge >= 0.3 is 0 Å². The average Bonchev–Trinajstić information content (AvgIpc) is 3.37. The Labute approximate surface area is 161 Å². The van der Waals surface area contributed by atoms with Gasteiger partial charge in [0.2, 0.25) is 5.95 Å². The maximum Gasteiger partial charge on any atom is 0.224 e. The monoisotopic (exact) mass is 386 g/mol. The number of rotatable bonds is 6. The fourth-order valence-electron chi connectivity index (χ4n) is 3.26. The predicted molar refractivity (Wildman–Crippen MR) is 103 cm³/mol. The van der Waals surface area contributed by atoms with Crippen LogP contribution in [-0.4, -0.2) is 47.5 Å². The quantitative estimate of drug-likeness (QED) is 0.658. The number of methoxy groups -OCH3 is 3. The maximum absolute atomic E-state index is 5.97. The number of nitrogens with zero attached hydrogens (tertiary/aromatic N) is 4. The first-order valence-electron chi connectivity index (χ1n) is 8.83. The summed E-state index contributed by atoms with van der Waals surface area (Å²) < 4.78 is 23.9. The van der Waals surface area contributed by atoms with E-state index < -0.39 is 0 Å². The Morgan fingerprint density at radius 1 is 1.14 bits per heavy atom. The van der Waals surface area contributed by atoms with Gasteiger partial charge in [0, 0.05) is 18.7 Å². The maximum atomic E-state index is 5.97. The summed E-state index contributed by atoms with van der Waals surface area (Å²) in [6.07, 6.45) is 3.49. The molecule has 0 amide bonds. The second-order valence-electron chi connectivity index (χ2n) is 6.25. The van der Waals surface area contributed by atoms with Crippen LogP contribution in [0.5, 0.6) is 17.2 Å². The van der Waals surface area contributed by atoms with Crippen molar-refractivity contribution in [2.75, 3.05) is 39.0 Å². The molecule has 0 spiro atoms. The van der Waals surface area contributed by atoms with E-state index in [0.717, 1.165) is 19.4 Å². The number of anilines is 3. The van der Waals surface area contributed by atoms with E-state index >= 15 is 0 Å². The average molecular weight is 386 g/mol. The lowest BCUT2D eigenvalue weighted by Gasteiger charge is -2.16. The number of ether oxygens (including phenoxy) is 4. The van der Waals surface area contributed by atoms with Gasteiger partial charge < -0.3 is 30.0 Å². The van der Waals surface area contributed by atoms with Crippen molar-refractivity contribution in [3.05, 3.63) is 18.5 Å². The molecule has 1 saturated heterocycles. The van der Waals surface area contributed by atoms with Gasteiger partial charge in [0.15, 0.2) is 17.0 Å². The van der Waals surface area contributed by atoms with E-state index in [-0.39, 0.29) is 12.2 Å². The van der Waals surface area contributed by atoms with Crippen LogP contribution >= 0.6 is 0 Å². The fraction of sp³-hybridized carbons (Fsp3) is 0.389. The lowest BCUT2D eigenvalue weighted by Crippen LogP contribution is -2.09. The van der Waals surface area contributed by atoms with Gasteiger partial charge in [-0.25, -0.2) is 4.98 Å². The van der Waals surface area contributed by atoms with Crippen LogP contribution in [0.3, 0.4) is 0 Å². The largest absolute Gasteiger partial charge is 0.496 e. The van der Waals surface area contributed by atoms with Crippen molar-refractivity contribution in [2.45, 2.75) is 19.1 Å². The molecule has 1 atom stereocenters. The Hall–Kier alpha value is -3.27. The number of hydrogen-bond acceptors (Lipinski definition) is 9. The smallest absolute Gasteiger partial charge is 0.224 e. The second kappa shape index (κ2) is 7.39. The van der Waals surface area contributed by atoms with E-state index in [1.165, 1.54) is 0 Å². The fourth-order valence-corrected chi connectivity index (χ4v) is 3.26. The molecule has 10 nitrogen and oxygen atoms in total. The van der Waals surface area contributed by atoms with E-state index in [1.54, 1.807) is 39.8 Å². The Morgan fingerprint density at radius 2 is 1.89 bits per heavy atom. The van der Waals surface area contributed by atoms with Crippen LogP contribution in [0.25, 0.3) is 11.2 Å². The molecule has 3 aromatic rings. The molecular formula is C18H22N6O4. The van der Waals surface area contributed by atoms with Crippen LogP contribution in [0.4, 0.5) is 17.5 Å². The number of nitrogens with two attached hydrogens (primary N) is 1. The lowest BCUT2D eigenvalue weighted by atomic mass is 10.2. The molecule has 0 bridgehead atoms. The summed E-state index contributed by atoms with van der Waals surface area (Å²) in [6, 6.07) is 3.50. The summed E-state index contributed by atoms with van der Waals surface area (Å²) in [6.45, 7) is 0.719. The van der Waals surface area contributed by atoms with Gasteiger partial charge in [-0.3, -0.25) is 4.57 Å². The summed E-state index contributed by atoms with van der Waals surface area (Å²) in [7, 11) is 4.71. The van der Waals surface area contributed by atoms with Gasteiger partial charge in [0.1, 0.15) is 29.2 Å². The summed E-state index contributed by atoms with van der Waals surface area (Å²) in [5, 5.41) is 3.23. The Balaban J connectivity index is 1.80. The topological polar surface area (TPSA) is 119 Å². The molecule has 0 aliphatic carbocycles. The van der Waals surface area contributed by atoms with Gasteiger partial charge in [0.05, 0.1) is 27.7 Å². The minimum Gasteiger partial charge on any atom is -0.496 e. The molecular weight excluding hydrogens is 364 g/mol. The number of benzene rings is 1. The molecule has 4 rings (SSSR count). The standard InChI is InChI=1S/C18H22N6O4/c1-25-10-7-11(26-2)14(12(8-10)27-3)21-16-15-17(23-18(19)22-16)24(9-20-15)13-5-4-6-28-13/h7-9,13H,4-6H2,1-3H3,(H3,19,21,22,23). The van der Waals surface area contributed by atoms with E-state index in [4.69, 9.17) is 24.7 Å². The van der Waals surface area contributed by atoms with Crippen molar-refractivity contribution < 1.29 is 18.9 Å². The molecule has 1 aromatic carbocycles. The normalized spacial score (nSPS) is 16.3. The number of nitrogen functional groups attached to an aromatic ring is 1. The first-order chi connectivity index (χ1) is 13.6. The van der Waals surface area contributed by atoms with Gasteiger partial charge in [0.25, 0.3) is 0 Å². The Morgan fingerprint density at radius 3 is 2.50 bits per heavy atom. The van der Waals surface area contributed by atoms with Gasteiger partial charge in [-0.1, -0.05) is 0 Å². The summed E-state index contributed by atoms with van der Waals surface area (Å²) in [4.78, 5) is 13.2.